The minimum absolute atomic E-state index is 0.240. The van der Waals surface area contributed by atoms with Gasteiger partial charge >= 0.3 is 5.63 Å². The monoisotopic (exact) mass is 391 g/mol. The first-order chi connectivity index (χ1) is 14.0. The van der Waals surface area contributed by atoms with Gasteiger partial charge in [0.25, 0.3) is 5.91 Å². The van der Waals surface area contributed by atoms with Crippen LogP contribution in [-0.4, -0.2) is 32.6 Å². The summed E-state index contributed by atoms with van der Waals surface area (Å²) in [6, 6.07) is 11.5. The van der Waals surface area contributed by atoms with Gasteiger partial charge in [0.2, 0.25) is 0 Å². The summed E-state index contributed by atoms with van der Waals surface area (Å²) in [6.45, 7) is 1.77. The fourth-order valence-electron chi connectivity index (χ4n) is 2.75. The molecule has 0 saturated heterocycles. The summed E-state index contributed by atoms with van der Waals surface area (Å²) in [5.41, 5.74) is 1.99. The van der Waals surface area contributed by atoms with Crippen LogP contribution in [0.1, 0.15) is 29.1 Å². The summed E-state index contributed by atoms with van der Waals surface area (Å²) in [5, 5.41) is 7.15. The van der Waals surface area contributed by atoms with Gasteiger partial charge in [-0.25, -0.2) is 19.3 Å². The number of hydrogen-bond acceptors (Lipinski definition) is 7. The van der Waals surface area contributed by atoms with Crippen molar-refractivity contribution in [3.05, 3.63) is 76.9 Å². The molecule has 9 heteroatoms. The Morgan fingerprint density at radius 1 is 1.21 bits per heavy atom. The SMILES string of the molecule is COc1ccc(-c2cc3nc([C@H](C)NC(=O)c4ccc(=O)oc4)nn3cn2)cc1. The lowest BCUT2D eigenvalue weighted by molar-refractivity contribution is 0.0936. The Bertz CT molecular complexity index is 1210. The van der Waals surface area contributed by atoms with Crippen molar-refractivity contribution in [3.63, 3.8) is 0 Å². The molecule has 4 rings (SSSR count). The van der Waals surface area contributed by atoms with E-state index in [1.165, 1.54) is 12.1 Å². The van der Waals surface area contributed by atoms with E-state index in [2.05, 4.69) is 20.4 Å². The molecule has 4 aromatic rings. The number of hydrogen-bond donors (Lipinski definition) is 1. The molecule has 0 radical (unpaired) electrons. The van der Waals surface area contributed by atoms with Crippen molar-refractivity contribution >= 4 is 11.6 Å². The van der Waals surface area contributed by atoms with Crippen molar-refractivity contribution in [2.75, 3.05) is 7.11 Å². The smallest absolute Gasteiger partial charge is 0.335 e. The summed E-state index contributed by atoms with van der Waals surface area (Å²) in [5.74, 6) is 0.809. The first kappa shape index (κ1) is 18.4. The van der Waals surface area contributed by atoms with Crippen LogP contribution in [0.3, 0.4) is 0 Å². The number of amides is 1. The molecule has 0 fully saturated rings. The van der Waals surface area contributed by atoms with E-state index in [4.69, 9.17) is 9.15 Å². The second-order valence-electron chi connectivity index (χ2n) is 6.31. The van der Waals surface area contributed by atoms with Crippen LogP contribution in [-0.2, 0) is 0 Å². The van der Waals surface area contributed by atoms with Crippen molar-refractivity contribution in [1.29, 1.82) is 0 Å². The lowest BCUT2D eigenvalue weighted by Crippen LogP contribution is -2.27. The van der Waals surface area contributed by atoms with Crippen LogP contribution in [0, 0.1) is 0 Å². The van der Waals surface area contributed by atoms with E-state index >= 15 is 0 Å². The summed E-state index contributed by atoms with van der Waals surface area (Å²) < 4.78 is 11.4. The molecule has 0 saturated carbocycles. The quantitative estimate of drug-likeness (QED) is 0.555. The second kappa shape index (κ2) is 7.55. The number of nitrogens with zero attached hydrogens (tertiary/aromatic N) is 4. The first-order valence-electron chi connectivity index (χ1n) is 8.80. The molecule has 1 amide bonds. The average molecular weight is 391 g/mol. The maximum atomic E-state index is 12.3. The first-order valence-corrected chi connectivity index (χ1v) is 8.80. The van der Waals surface area contributed by atoms with Crippen LogP contribution >= 0.6 is 0 Å². The van der Waals surface area contributed by atoms with Crippen molar-refractivity contribution in [2.45, 2.75) is 13.0 Å². The molecule has 146 valence electrons. The lowest BCUT2D eigenvalue weighted by Gasteiger charge is -2.09. The maximum absolute atomic E-state index is 12.3. The number of ether oxygens (including phenoxy) is 1. The largest absolute Gasteiger partial charge is 0.497 e. The van der Waals surface area contributed by atoms with E-state index in [0.29, 0.717) is 11.5 Å². The van der Waals surface area contributed by atoms with E-state index in [9.17, 15) is 9.59 Å². The Balaban J connectivity index is 1.55. The standard InChI is InChI=1S/C20H17N5O4/c1-12(22-20(27)14-5-8-18(26)29-10-14)19-23-17-9-16(21-11-25(17)24-19)13-3-6-15(28-2)7-4-13/h3-12H,1-2H3,(H,22,27)/t12-/m0/s1. The van der Waals surface area contributed by atoms with E-state index < -0.39 is 17.6 Å². The van der Waals surface area contributed by atoms with Crippen LogP contribution in [0.15, 0.2) is 64.3 Å². The third-order valence-corrected chi connectivity index (χ3v) is 4.33. The Kier molecular flexibility index (Phi) is 4.78. The fraction of sp³-hybridized carbons (Fsp3) is 0.150. The van der Waals surface area contributed by atoms with Gasteiger partial charge in [-0.15, -0.1) is 5.10 Å². The topological polar surface area (TPSA) is 112 Å². The molecule has 0 aliphatic carbocycles. The van der Waals surface area contributed by atoms with Crippen molar-refractivity contribution in [1.82, 2.24) is 24.9 Å². The highest BCUT2D eigenvalue weighted by Crippen LogP contribution is 2.21. The Hall–Kier alpha value is -4.01. The van der Waals surface area contributed by atoms with E-state index in [0.717, 1.165) is 23.3 Å². The van der Waals surface area contributed by atoms with E-state index in [1.54, 1.807) is 24.9 Å². The Morgan fingerprint density at radius 3 is 2.69 bits per heavy atom. The van der Waals surface area contributed by atoms with Gasteiger partial charge in [-0.3, -0.25) is 4.79 Å². The van der Waals surface area contributed by atoms with Crippen molar-refractivity contribution in [2.24, 2.45) is 0 Å². The third-order valence-electron chi connectivity index (χ3n) is 4.33. The molecule has 0 aliphatic heterocycles. The van der Waals surface area contributed by atoms with Gasteiger partial charge < -0.3 is 14.5 Å². The highest BCUT2D eigenvalue weighted by atomic mass is 16.5. The number of methoxy groups -OCH3 is 1. The Labute approximate surface area is 165 Å². The molecule has 1 aromatic carbocycles. The zero-order chi connectivity index (χ0) is 20.4. The summed E-state index contributed by atoms with van der Waals surface area (Å²) >= 11 is 0. The number of carbonyl (C=O) groups excluding carboxylic acids is 1. The number of nitrogens with one attached hydrogen (secondary N) is 1. The van der Waals surface area contributed by atoms with Gasteiger partial charge in [-0.05, 0) is 37.3 Å². The molecule has 1 N–H and O–H groups in total. The predicted octanol–water partition coefficient (Wildman–Crippen LogP) is 2.24. The maximum Gasteiger partial charge on any atom is 0.335 e. The van der Waals surface area contributed by atoms with Gasteiger partial charge in [0, 0.05) is 17.7 Å². The normalized spacial score (nSPS) is 11.9. The molecule has 0 unspecified atom stereocenters. The van der Waals surface area contributed by atoms with E-state index in [1.807, 2.05) is 30.3 Å². The van der Waals surface area contributed by atoms with Gasteiger partial charge in [0.15, 0.2) is 11.5 Å². The molecule has 3 aromatic heterocycles. The molecular formula is C20H17N5O4. The van der Waals surface area contributed by atoms with Crippen LogP contribution in [0.25, 0.3) is 16.9 Å². The average Bonchev–Trinajstić information content (AvgIpc) is 3.18. The zero-order valence-corrected chi connectivity index (χ0v) is 15.7. The fourth-order valence-corrected chi connectivity index (χ4v) is 2.75. The minimum Gasteiger partial charge on any atom is -0.497 e. The predicted molar refractivity (Wildman–Crippen MR) is 104 cm³/mol. The molecule has 29 heavy (non-hydrogen) atoms. The molecule has 0 aliphatic rings. The van der Waals surface area contributed by atoms with Gasteiger partial charge in [-0.2, -0.15) is 0 Å². The zero-order valence-electron chi connectivity index (χ0n) is 15.7. The lowest BCUT2D eigenvalue weighted by atomic mass is 10.1. The molecular weight excluding hydrogens is 374 g/mol. The van der Waals surface area contributed by atoms with Crippen LogP contribution in [0.4, 0.5) is 0 Å². The molecule has 3 heterocycles. The summed E-state index contributed by atoms with van der Waals surface area (Å²) in [4.78, 5) is 32.2. The number of benzene rings is 1. The van der Waals surface area contributed by atoms with Crippen LogP contribution in [0.5, 0.6) is 5.75 Å². The number of fused-ring (bicyclic) bond motifs is 1. The number of rotatable bonds is 5. The highest BCUT2D eigenvalue weighted by Gasteiger charge is 2.17. The van der Waals surface area contributed by atoms with E-state index in [-0.39, 0.29) is 5.56 Å². The van der Waals surface area contributed by atoms with Crippen LogP contribution < -0.4 is 15.7 Å². The molecule has 0 spiro atoms. The van der Waals surface area contributed by atoms with Gasteiger partial charge in [0.05, 0.1) is 24.4 Å². The molecule has 1 atom stereocenters. The third kappa shape index (κ3) is 3.84. The molecule has 0 bridgehead atoms. The summed E-state index contributed by atoms with van der Waals surface area (Å²) in [6.07, 6.45) is 2.69. The highest BCUT2D eigenvalue weighted by molar-refractivity contribution is 5.93. The molecule has 9 nitrogen and oxygen atoms in total. The number of carbonyl (C=O) groups is 1. The second-order valence-corrected chi connectivity index (χ2v) is 6.31. The summed E-state index contributed by atoms with van der Waals surface area (Å²) in [7, 11) is 1.62. The van der Waals surface area contributed by atoms with Crippen LogP contribution in [0.2, 0.25) is 0 Å². The minimum atomic E-state index is -0.517. The number of aromatic nitrogens is 4. The van der Waals surface area contributed by atoms with Crippen molar-refractivity contribution < 1.29 is 13.9 Å². The van der Waals surface area contributed by atoms with Gasteiger partial charge in [-0.1, -0.05) is 0 Å². The Morgan fingerprint density at radius 2 is 2.00 bits per heavy atom. The van der Waals surface area contributed by atoms with Crippen molar-refractivity contribution in [3.8, 4) is 17.0 Å². The van der Waals surface area contributed by atoms with Gasteiger partial charge in [0.1, 0.15) is 18.3 Å².